The molecule has 0 spiro atoms. The molecule has 0 saturated carbocycles. The number of nitrogens with zero attached hydrogens (tertiary/aromatic N) is 2. The number of thiophene rings is 1. The van der Waals surface area contributed by atoms with Crippen LogP contribution in [-0.2, 0) is 22.4 Å². The molecule has 1 saturated heterocycles. The van der Waals surface area contributed by atoms with Gasteiger partial charge in [-0.1, -0.05) is 0 Å². The van der Waals surface area contributed by atoms with Crippen LogP contribution in [0.15, 0.2) is 41.4 Å². The van der Waals surface area contributed by atoms with E-state index < -0.39 is 0 Å². The second-order valence-electron chi connectivity index (χ2n) is 5.59. The Morgan fingerprint density at radius 2 is 2.18 bits per heavy atom. The molecule has 0 N–H and O–H groups in total. The zero-order valence-corrected chi connectivity index (χ0v) is 13.5. The number of hydrogen-bond donors (Lipinski definition) is 0. The smallest absolute Gasteiger partial charge is 0.227 e. The molecular formula is C17H20N2O2S. The third-order valence-corrected chi connectivity index (χ3v) is 4.97. The lowest BCUT2D eigenvalue weighted by Crippen LogP contribution is -2.42. The standard InChI is InChI=1S/C17H20N2O2S/c1-21-16-4-8-19(17(20)11-14-5-9-22-12-14)15(16)10-13-2-6-18-7-3-13/h2-3,5-7,9,12,15-16H,4,8,10-11H2,1H3/t15-,16-/m1/s1. The van der Waals surface area contributed by atoms with Gasteiger partial charge in [-0.15, -0.1) is 0 Å². The van der Waals surface area contributed by atoms with Gasteiger partial charge in [0.15, 0.2) is 0 Å². The second kappa shape index (κ2) is 7.03. The van der Waals surface area contributed by atoms with Gasteiger partial charge in [0, 0.05) is 26.0 Å². The van der Waals surface area contributed by atoms with Crippen LogP contribution in [0.25, 0.3) is 0 Å². The van der Waals surface area contributed by atoms with Crippen molar-refractivity contribution in [3.63, 3.8) is 0 Å². The summed E-state index contributed by atoms with van der Waals surface area (Å²) in [4.78, 5) is 18.7. The van der Waals surface area contributed by atoms with Gasteiger partial charge >= 0.3 is 0 Å². The molecule has 116 valence electrons. The van der Waals surface area contributed by atoms with E-state index >= 15 is 0 Å². The first-order valence-corrected chi connectivity index (χ1v) is 8.44. The summed E-state index contributed by atoms with van der Waals surface area (Å²) in [5, 5.41) is 4.05. The van der Waals surface area contributed by atoms with Crippen molar-refractivity contribution in [2.45, 2.75) is 31.4 Å². The third kappa shape index (κ3) is 3.36. The molecule has 3 heterocycles. The lowest BCUT2D eigenvalue weighted by molar-refractivity contribution is -0.132. The Bertz CT molecular complexity index is 600. The summed E-state index contributed by atoms with van der Waals surface area (Å²) in [6.45, 7) is 0.775. The largest absolute Gasteiger partial charge is 0.379 e. The van der Waals surface area contributed by atoms with Crippen LogP contribution in [0.4, 0.5) is 0 Å². The zero-order valence-electron chi connectivity index (χ0n) is 12.6. The number of aromatic nitrogens is 1. The van der Waals surface area contributed by atoms with Crippen molar-refractivity contribution in [1.82, 2.24) is 9.88 Å². The minimum Gasteiger partial charge on any atom is -0.379 e. The Kier molecular flexibility index (Phi) is 4.85. The Hall–Kier alpha value is -1.72. The molecule has 0 radical (unpaired) electrons. The second-order valence-corrected chi connectivity index (χ2v) is 6.37. The maximum atomic E-state index is 12.6. The Morgan fingerprint density at radius 1 is 1.36 bits per heavy atom. The lowest BCUT2D eigenvalue weighted by atomic mass is 10.0. The van der Waals surface area contributed by atoms with Crippen molar-refractivity contribution in [2.75, 3.05) is 13.7 Å². The molecule has 1 fully saturated rings. The normalized spacial score (nSPS) is 21.2. The first-order valence-electron chi connectivity index (χ1n) is 7.50. The van der Waals surface area contributed by atoms with E-state index in [9.17, 15) is 4.79 Å². The van der Waals surface area contributed by atoms with Gasteiger partial charge in [-0.25, -0.2) is 0 Å². The molecule has 2 atom stereocenters. The van der Waals surface area contributed by atoms with E-state index in [0.29, 0.717) is 6.42 Å². The highest BCUT2D eigenvalue weighted by atomic mass is 32.1. The topological polar surface area (TPSA) is 42.4 Å². The number of carbonyl (C=O) groups is 1. The molecule has 4 nitrogen and oxygen atoms in total. The molecule has 1 aliphatic heterocycles. The number of ether oxygens (including phenoxy) is 1. The van der Waals surface area contributed by atoms with E-state index in [-0.39, 0.29) is 18.1 Å². The van der Waals surface area contributed by atoms with E-state index in [0.717, 1.165) is 24.9 Å². The predicted molar refractivity (Wildman–Crippen MR) is 86.9 cm³/mol. The molecule has 22 heavy (non-hydrogen) atoms. The number of methoxy groups -OCH3 is 1. The monoisotopic (exact) mass is 316 g/mol. The fourth-order valence-electron chi connectivity index (χ4n) is 3.08. The average Bonchev–Trinajstić information content (AvgIpc) is 3.18. The summed E-state index contributed by atoms with van der Waals surface area (Å²) in [6, 6.07) is 6.14. The quantitative estimate of drug-likeness (QED) is 0.851. The molecule has 0 bridgehead atoms. The van der Waals surface area contributed by atoms with Gasteiger partial charge in [0.1, 0.15) is 0 Å². The van der Waals surface area contributed by atoms with Crippen molar-refractivity contribution < 1.29 is 9.53 Å². The number of carbonyl (C=O) groups excluding carboxylic acids is 1. The van der Waals surface area contributed by atoms with Gasteiger partial charge < -0.3 is 9.64 Å². The molecular weight excluding hydrogens is 296 g/mol. The van der Waals surface area contributed by atoms with Gasteiger partial charge in [-0.2, -0.15) is 11.3 Å². The van der Waals surface area contributed by atoms with Gasteiger partial charge in [0.05, 0.1) is 18.6 Å². The first-order chi connectivity index (χ1) is 10.8. The van der Waals surface area contributed by atoms with Crippen molar-refractivity contribution in [3.05, 3.63) is 52.5 Å². The maximum absolute atomic E-state index is 12.6. The van der Waals surface area contributed by atoms with Gasteiger partial charge in [0.25, 0.3) is 0 Å². The highest BCUT2D eigenvalue weighted by molar-refractivity contribution is 7.07. The fourth-order valence-corrected chi connectivity index (χ4v) is 3.75. The molecule has 3 rings (SSSR count). The summed E-state index contributed by atoms with van der Waals surface area (Å²) in [5.74, 6) is 0.192. The Morgan fingerprint density at radius 3 is 2.86 bits per heavy atom. The molecule has 2 aromatic rings. The summed E-state index contributed by atoms with van der Waals surface area (Å²) < 4.78 is 5.60. The van der Waals surface area contributed by atoms with Crippen LogP contribution in [0.5, 0.6) is 0 Å². The Balaban J connectivity index is 1.72. The molecule has 0 aromatic carbocycles. The first kappa shape index (κ1) is 15.2. The SMILES string of the molecule is CO[C@@H]1CCN(C(=O)Cc2ccsc2)[C@@H]1Cc1ccncc1. The summed E-state index contributed by atoms with van der Waals surface area (Å²) in [7, 11) is 1.73. The van der Waals surface area contributed by atoms with Crippen molar-refractivity contribution in [1.29, 1.82) is 0 Å². The molecule has 0 unspecified atom stereocenters. The van der Waals surface area contributed by atoms with Crippen molar-refractivity contribution >= 4 is 17.2 Å². The van der Waals surface area contributed by atoms with Gasteiger partial charge in [-0.05, 0) is 52.9 Å². The highest BCUT2D eigenvalue weighted by Crippen LogP contribution is 2.25. The zero-order chi connectivity index (χ0) is 15.4. The van der Waals surface area contributed by atoms with E-state index in [1.165, 1.54) is 5.56 Å². The van der Waals surface area contributed by atoms with Crippen LogP contribution < -0.4 is 0 Å². The molecule has 0 aliphatic carbocycles. The van der Waals surface area contributed by atoms with E-state index in [1.807, 2.05) is 33.9 Å². The Labute approximate surface area is 134 Å². The number of rotatable bonds is 5. The van der Waals surface area contributed by atoms with Crippen molar-refractivity contribution in [2.24, 2.45) is 0 Å². The molecule has 1 aliphatic rings. The van der Waals surface area contributed by atoms with Crippen molar-refractivity contribution in [3.8, 4) is 0 Å². The number of likely N-dealkylation sites (tertiary alicyclic amines) is 1. The van der Waals surface area contributed by atoms with E-state index in [4.69, 9.17) is 4.74 Å². The predicted octanol–water partition coefficient (Wildman–Crippen LogP) is 2.54. The molecule has 1 amide bonds. The van der Waals surface area contributed by atoms with Crippen LogP contribution >= 0.6 is 11.3 Å². The average molecular weight is 316 g/mol. The summed E-state index contributed by atoms with van der Waals surface area (Å²) >= 11 is 1.63. The minimum absolute atomic E-state index is 0.110. The van der Waals surface area contributed by atoms with Gasteiger partial charge in [-0.3, -0.25) is 9.78 Å². The minimum atomic E-state index is 0.110. The van der Waals surface area contributed by atoms with Crippen LogP contribution in [0.1, 0.15) is 17.5 Å². The van der Waals surface area contributed by atoms with Crippen LogP contribution in [0.3, 0.4) is 0 Å². The van der Waals surface area contributed by atoms with Crippen LogP contribution in [-0.4, -0.2) is 41.6 Å². The number of pyridine rings is 1. The molecule has 2 aromatic heterocycles. The van der Waals surface area contributed by atoms with E-state index in [2.05, 4.69) is 4.98 Å². The number of hydrogen-bond acceptors (Lipinski definition) is 4. The third-order valence-electron chi connectivity index (χ3n) is 4.24. The summed E-state index contributed by atoms with van der Waals surface area (Å²) in [6.07, 6.45) is 5.90. The van der Waals surface area contributed by atoms with E-state index in [1.54, 1.807) is 30.8 Å². The van der Waals surface area contributed by atoms with Crippen LogP contribution in [0, 0.1) is 0 Å². The summed E-state index contributed by atoms with van der Waals surface area (Å²) in [5.41, 5.74) is 2.29. The number of amides is 1. The van der Waals surface area contributed by atoms with Crippen LogP contribution in [0.2, 0.25) is 0 Å². The lowest BCUT2D eigenvalue weighted by Gasteiger charge is -2.28. The molecule has 5 heteroatoms. The maximum Gasteiger partial charge on any atom is 0.227 e. The highest BCUT2D eigenvalue weighted by Gasteiger charge is 2.36. The van der Waals surface area contributed by atoms with Gasteiger partial charge in [0.2, 0.25) is 5.91 Å². The fraction of sp³-hybridized carbons (Fsp3) is 0.412.